The highest BCUT2D eigenvalue weighted by molar-refractivity contribution is 7.98. The van der Waals surface area contributed by atoms with Crippen molar-refractivity contribution in [3.8, 4) is 6.01 Å². The SMILES string of the molecule is CSc1ccccc1C(C)Nc1nc(O[C@@H]2CCCNC2)nc2c(C(C)C)cnn12. The maximum atomic E-state index is 6.17. The molecule has 0 saturated carbocycles. The van der Waals surface area contributed by atoms with Gasteiger partial charge in [-0.3, -0.25) is 0 Å². The lowest BCUT2D eigenvalue weighted by Crippen LogP contribution is -2.37. The standard InChI is InChI=1S/C22H30N6OS/c1-14(2)18-13-24-28-20(18)26-22(29-16-8-7-11-23-12-16)27-21(28)25-15(3)17-9-5-6-10-19(17)30-4/h5-6,9-10,13-16,23H,7-8,11-12H2,1-4H3,(H,25,26,27)/t15?,16-/m1/s1. The van der Waals surface area contributed by atoms with E-state index in [-0.39, 0.29) is 12.1 Å². The van der Waals surface area contributed by atoms with Gasteiger partial charge < -0.3 is 15.4 Å². The van der Waals surface area contributed by atoms with E-state index in [0.29, 0.717) is 17.9 Å². The molecule has 1 unspecified atom stereocenters. The summed E-state index contributed by atoms with van der Waals surface area (Å²) in [4.78, 5) is 10.7. The van der Waals surface area contributed by atoms with Crippen molar-refractivity contribution >= 4 is 23.4 Å². The van der Waals surface area contributed by atoms with E-state index in [1.165, 1.54) is 10.5 Å². The molecule has 0 bridgehead atoms. The molecule has 2 aromatic heterocycles. The predicted octanol–water partition coefficient (Wildman–Crippen LogP) is 4.27. The summed E-state index contributed by atoms with van der Waals surface area (Å²) in [6.45, 7) is 8.30. The molecule has 2 N–H and O–H groups in total. The van der Waals surface area contributed by atoms with Crippen LogP contribution in [0.15, 0.2) is 35.4 Å². The van der Waals surface area contributed by atoms with Crippen LogP contribution in [-0.2, 0) is 0 Å². The Morgan fingerprint density at radius 2 is 2.03 bits per heavy atom. The van der Waals surface area contributed by atoms with Crippen LogP contribution in [0.3, 0.4) is 0 Å². The summed E-state index contributed by atoms with van der Waals surface area (Å²) in [5.41, 5.74) is 3.11. The Kier molecular flexibility index (Phi) is 6.43. The van der Waals surface area contributed by atoms with Crippen LogP contribution < -0.4 is 15.4 Å². The molecule has 8 heteroatoms. The average molecular weight is 427 g/mol. The second kappa shape index (κ2) is 9.22. The van der Waals surface area contributed by atoms with Gasteiger partial charge in [0.25, 0.3) is 0 Å². The number of anilines is 1. The normalized spacial score (nSPS) is 18.0. The van der Waals surface area contributed by atoms with Crippen LogP contribution >= 0.6 is 11.8 Å². The van der Waals surface area contributed by atoms with Crippen molar-refractivity contribution < 1.29 is 4.74 Å². The number of aromatic nitrogens is 4. The van der Waals surface area contributed by atoms with Crippen LogP contribution in [0.25, 0.3) is 5.65 Å². The third-order valence-electron chi connectivity index (χ3n) is 5.47. The molecule has 1 saturated heterocycles. The monoisotopic (exact) mass is 426 g/mol. The Hall–Kier alpha value is -2.32. The molecule has 30 heavy (non-hydrogen) atoms. The van der Waals surface area contributed by atoms with Gasteiger partial charge in [0.15, 0.2) is 5.65 Å². The lowest BCUT2D eigenvalue weighted by Gasteiger charge is -2.23. The Morgan fingerprint density at radius 1 is 1.20 bits per heavy atom. The average Bonchev–Trinajstić information content (AvgIpc) is 3.19. The molecule has 0 aliphatic carbocycles. The van der Waals surface area contributed by atoms with Gasteiger partial charge in [0.1, 0.15) is 6.10 Å². The molecule has 2 atom stereocenters. The maximum Gasteiger partial charge on any atom is 0.322 e. The summed E-state index contributed by atoms with van der Waals surface area (Å²) in [6, 6.07) is 8.89. The lowest BCUT2D eigenvalue weighted by molar-refractivity contribution is 0.153. The molecule has 0 spiro atoms. The Balaban J connectivity index is 1.69. The summed E-state index contributed by atoms with van der Waals surface area (Å²) in [5.74, 6) is 0.957. The summed E-state index contributed by atoms with van der Waals surface area (Å²) < 4.78 is 7.96. The Bertz CT molecular complexity index is 998. The third kappa shape index (κ3) is 4.39. The summed E-state index contributed by atoms with van der Waals surface area (Å²) in [5, 5.41) is 11.5. The highest BCUT2D eigenvalue weighted by atomic mass is 32.2. The first-order chi connectivity index (χ1) is 14.6. The van der Waals surface area contributed by atoms with E-state index in [1.807, 2.05) is 6.20 Å². The quantitative estimate of drug-likeness (QED) is 0.546. The van der Waals surface area contributed by atoms with Crippen molar-refractivity contribution in [2.24, 2.45) is 0 Å². The van der Waals surface area contributed by atoms with E-state index in [0.717, 1.165) is 37.1 Å². The zero-order chi connectivity index (χ0) is 21.1. The smallest absolute Gasteiger partial charge is 0.322 e. The summed E-state index contributed by atoms with van der Waals surface area (Å²) in [6.07, 6.45) is 6.18. The predicted molar refractivity (Wildman–Crippen MR) is 122 cm³/mol. The highest BCUT2D eigenvalue weighted by Crippen LogP contribution is 2.29. The molecular weight excluding hydrogens is 396 g/mol. The van der Waals surface area contributed by atoms with Gasteiger partial charge in [0, 0.05) is 17.0 Å². The van der Waals surface area contributed by atoms with Gasteiger partial charge in [-0.1, -0.05) is 32.0 Å². The molecule has 4 rings (SSSR count). The van der Waals surface area contributed by atoms with Gasteiger partial charge in [0.05, 0.1) is 12.2 Å². The van der Waals surface area contributed by atoms with E-state index in [2.05, 4.69) is 67.0 Å². The molecule has 7 nitrogen and oxygen atoms in total. The topological polar surface area (TPSA) is 76.4 Å². The van der Waals surface area contributed by atoms with E-state index in [1.54, 1.807) is 16.3 Å². The number of fused-ring (bicyclic) bond motifs is 1. The van der Waals surface area contributed by atoms with Gasteiger partial charge in [0.2, 0.25) is 5.95 Å². The molecule has 1 aliphatic heterocycles. The zero-order valence-electron chi connectivity index (χ0n) is 18.1. The van der Waals surface area contributed by atoms with Gasteiger partial charge in [-0.05, 0) is 50.1 Å². The van der Waals surface area contributed by atoms with Gasteiger partial charge >= 0.3 is 6.01 Å². The Morgan fingerprint density at radius 3 is 2.77 bits per heavy atom. The number of hydrogen-bond acceptors (Lipinski definition) is 7. The maximum absolute atomic E-state index is 6.17. The summed E-state index contributed by atoms with van der Waals surface area (Å²) >= 11 is 1.75. The minimum atomic E-state index is 0.0580. The number of hydrogen-bond donors (Lipinski definition) is 2. The van der Waals surface area contributed by atoms with Crippen molar-refractivity contribution in [1.82, 2.24) is 24.9 Å². The first kappa shape index (κ1) is 20.9. The molecule has 3 aromatic rings. The van der Waals surface area contributed by atoms with Crippen molar-refractivity contribution in [1.29, 1.82) is 0 Å². The van der Waals surface area contributed by atoms with Gasteiger partial charge in [-0.25, -0.2) is 0 Å². The van der Waals surface area contributed by atoms with Crippen LogP contribution in [-0.4, -0.2) is 45.0 Å². The number of rotatable bonds is 7. The Labute approximate surface area is 182 Å². The number of nitrogens with zero attached hydrogens (tertiary/aromatic N) is 4. The first-order valence-corrected chi connectivity index (χ1v) is 11.8. The first-order valence-electron chi connectivity index (χ1n) is 10.6. The molecule has 0 radical (unpaired) electrons. The minimum absolute atomic E-state index is 0.0580. The molecule has 3 heterocycles. The van der Waals surface area contributed by atoms with Crippen LogP contribution in [0.5, 0.6) is 6.01 Å². The fourth-order valence-electron chi connectivity index (χ4n) is 3.79. The van der Waals surface area contributed by atoms with E-state index in [4.69, 9.17) is 14.7 Å². The molecule has 1 fully saturated rings. The number of thioether (sulfide) groups is 1. The van der Waals surface area contributed by atoms with Gasteiger partial charge in [-0.2, -0.15) is 19.6 Å². The van der Waals surface area contributed by atoms with E-state index in [9.17, 15) is 0 Å². The van der Waals surface area contributed by atoms with Crippen molar-refractivity contribution in [2.45, 2.75) is 56.6 Å². The van der Waals surface area contributed by atoms with Crippen LogP contribution in [0.4, 0.5) is 5.95 Å². The lowest BCUT2D eigenvalue weighted by atomic mass is 10.1. The zero-order valence-corrected chi connectivity index (χ0v) is 18.9. The van der Waals surface area contributed by atoms with Crippen molar-refractivity contribution in [3.05, 3.63) is 41.6 Å². The number of nitrogens with one attached hydrogen (secondary N) is 2. The molecule has 1 aliphatic rings. The molecule has 1 aromatic carbocycles. The van der Waals surface area contributed by atoms with Crippen LogP contribution in [0.1, 0.15) is 56.7 Å². The largest absolute Gasteiger partial charge is 0.459 e. The molecular formula is C22H30N6OS. The fourth-order valence-corrected chi connectivity index (χ4v) is 4.49. The second-order valence-electron chi connectivity index (χ2n) is 8.01. The fraction of sp³-hybridized carbons (Fsp3) is 0.500. The van der Waals surface area contributed by atoms with E-state index >= 15 is 0 Å². The van der Waals surface area contributed by atoms with Crippen molar-refractivity contribution in [3.63, 3.8) is 0 Å². The third-order valence-corrected chi connectivity index (χ3v) is 6.28. The number of benzene rings is 1. The van der Waals surface area contributed by atoms with E-state index < -0.39 is 0 Å². The number of piperidine rings is 1. The minimum Gasteiger partial charge on any atom is -0.459 e. The van der Waals surface area contributed by atoms with Crippen LogP contribution in [0.2, 0.25) is 0 Å². The molecule has 160 valence electrons. The molecule has 0 amide bonds. The highest BCUT2D eigenvalue weighted by Gasteiger charge is 2.21. The summed E-state index contributed by atoms with van der Waals surface area (Å²) in [7, 11) is 0. The number of ether oxygens (including phenoxy) is 1. The van der Waals surface area contributed by atoms with Gasteiger partial charge in [-0.15, -0.1) is 11.8 Å². The van der Waals surface area contributed by atoms with Crippen molar-refractivity contribution in [2.75, 3.05) is 24.7 Å². The van der Waals surface area contributed by atoms with Crippen LogP contribution in [0, 0.1) is 0 Å². The second-order valence-corrected chi connectivity index (χ2v) is 8.86.